The van der Waals surface area contributed by atoms with Gasteiger partial charge in [0.25, 0.3) is 0 Å². The number of aliphatic carboxylic acids is 1. The van der Waals surface area contributed by atoms with Crippen LogP contribution in [0.3, 0.4) is 0 Å². The first-order valence-corrected chi connectivity index (χ1v) is 6.28. The summed E-state index contributed by atoms with van der Waals surface area (Å²) in [5, 5.41) is 12.8. The molecule has 2 aliphatic rings. The van der Waals surface area contributed by atoms with E-state index in [1.807, 2.05) is 6.92 Å². The van der Waals surface area contributed by atoms with E-state index in [1.54, 1.807) is 0 Å². The molecule has 2 N–H and O–H groups in total. The molecule has 1 heterocycles. The lowest BCUT2D eigenvalue weighted by Crippen LogP contribution is -2.60. The Morgan fingerprint density at radius 1 is 1.38 bits per heavy atom. The topological polar surface area (TPSA) is 58.6 Å². The largest absolute Gasteiger partial charge is 0.480 e. The maximum Gasteiger partial charge on any atom is 0.326 e. The van der Waals surface area contributed by atoms with E-state index >= 15 is 0 Å². The molecule has 1 saturated heterocycles. The molecule has 2 atom stereocenters. The predicted molar refractivity (Wildman–Crippen MR) is 60.4 cm³/mol. The van der Waals surface area contributed by atoms with Crippen molar-refractivity contribution in [1.29, 1.82) is 0 Å². The van der Waals surface area contributed by atoms with Gasteiger partial charge in [-0.05, 0) is 19.8 Å². The molecule has 1 aliphatic carbocycles. The lowest BCUT2D eigenvalue weighted by molar-refractivity contribution is -0.147. The Balaban J connectivity index is 2.05. The van der Waals surface area contributed by atoms with Crippen LogP contribution in [0, 0.1) is 0 Å². The molecule has 1 saturated carbocycles. The number of carboxylic acid groups (broad SMARTS) is 1. The molecule has 0 amide bonds. The third kappa shape index (κ3) is 2.09. The molecule has 0 spiro atoms. The van der Waals surface area contributed by atoms with Gasteiger partial charge in [0.1, 0.15) is 5.54 Å². The van der Waals surface area contributed by atoms with Gasteiger partial charge in [0, 0.05) is 19.1 Å². The van der Waals surface area contributed by atoms with E-state index in [1.165, 1.54) is 19.3 Å². The van der Waals surface area contributed by atoms with Crippen LogP contribution >= 0.6 is 0 Å². The molecule has 0 aromatic rings. The van der Waals surface area contributed by atoms with Crippen molar-refractivity contribution in [3.63, 3.8) is 0 Å². The first-order chi connectivity index (χ1) is 7.65. The normalized spacial score (nSPS) is 36.4. The Kier molecular flexibility index (Phi) is 3.50. The highest BCUT2D eigenvalue weighted by Crippen LogP contribution is 2.29. The van der Waals surface area contributed by atoms with Crippen molar-refractivity contribution in [2.24, 2.45) is 0 Å². The monoisotopic (exact) mass is 227 g/mol. The lowest BCUT2D eigenvalue weighted by atomic mass is 9.87. The minimum atomic E-state index is -0.845. The molecule has 4 heteroatoms. The fourth-order valence-corrected chi connectivity index (χ4v) is 2.89. The fourth-order valence-electron chi connectivity index (χ4n) is 2.89. The Labute approximate surface area is 96.4 Å². The van der Waals surface area contributed by atoms with Crippen LogP contribution in [-0.4, -0.2) is 35.4 Å². The van der Waals surface area contributed by atoms with Gasteiger partial charge in [0.05, 0.1) is 6.10 Å². The highest BCUT2D eigenvalue weighted by molar-refractivity contribution is 5.80. The van der Waals surface area contributed by atoms with E-state index in [-0.39, 0.29) is 6.10 Å². The summed E-state index contributed by atoms with van der Waals surface area (Å²) in [6, 6.07) is 0.356. The maximum absolute atomic E-state index is 11.5. The highest BCUT2D eigenvalue weighted by Gasteiger charge is 2.49. The van der Waals surface area contributed by atoms with Crippen molar-refractivity contribution in [2.75, 3.05) is 6.61 Å². The van der Waals surface area contributed by atoms with E-state index in [9.17, 15) is 9.90 Å². The van der Waals surface area contributed by atoms with Crippen molar-refractivity contribution >= 4 is 5.97 Å². The van der Waals surface area contributed by atoms with Gasteiger partial charge in [0.2, 0.25) is 0 Å². The summed E-state index contributed by atoms with van der Waals surface area (Å²) in [6.45, 7) is 2.41. The Hall–Kier alpha value is -0.610. The van der Waals surface area contributed by atoms with Crippen molar-refractivity contribution in [2.45, 2.75) is 63.1 Å². The summed E-state index contributed by atoms with van der Waals surface area (Å²) in [5.74, 6) is -0.761. The minimum absolute atomic E-state index is 0.230. The van der Waals surface area contributed by atoms with Crippen LogP contribution in [0.2, 0.25) is 0 Å². The van der Waals surface area contributed by atoms with E-state index in [0.717, 1.165) is 12.8 Å². The second-order valence-electron chi connectivity index (χ2n) is 5.02. The maximum atomic E-state index is 11.5. The predicted octanol–water partition coefficient (Wildman–Crippen LogP) is 1.54. The van der Waals surface area contributed by atoms with Gasteiger partial charge in [-0.1, -0.05) is 19.3 Å². The Bertz CT molecular complexity index is 263. The number of carbonyl (C=O) groups is 1. The molecule has 2 unspecified atom stereocenters. The van der Waals surface area contributed by atoms with Gasteiger partial charge in [0.15, 0.2) is 0 Å². The summed E-state index contributed by atoms with van der Waals surface area (Å²) < 4.78 is 5.43. The van der Waals surface area contributed by atoms with Crippen LogP contribution in [0.5, 0.6) is 0 Å². The molecule has 2 rings (SSSR count). The van der Waals surface area contributed by atoms with Crippen molar-refractivity contribution in [1.82, 2.24) is 5.32 Å². The molecule has 4 nitrogen and oxygen atoms in total. The molecular weight excluding hydrogens is 206 g/mol. The first-order valence-electron chi connectivity index (χ1n) is 6.28. The van der Waals surface area contributed by atoms with Gasteiger partial charge in [-0.25, -0.2) is 0 Å². The third-order valence-electron chi connectivity index (χ3n) is 4.01. The van der Waals surface area contributed by atoms with Gasteiger partial charge in [-0.2, -0.15) is 0 Å². The SMILES string of the molecule is CC1OCCC1(NC1CCCCC1)C(=O)O. The molecule has 0 bridgehead atoms. The van der Waals surface area contributed by atoms with Gasteiger partial charge >= 0.3 is 5.97 Å². The summed E-state index contributed by atoms with van der Waals surface area (Å²) in [5.41, 5.74) is -0.845. The summed E-state index contributed by atoms with van der Waals surface area (Å²) in [6.07, 6.45) is 6.26. The molecule has 16 heavy (non-hydrogen) atoms. The van der Waals surface area contributed by atoms with Crippen LogP contribution in [0.4, 0.5) is 0 Å². The number of ether oxygens (including phenoxy) is 1. The van der Waals surface area contributed by atoms with Gasteiger partial charge in [-0.15, -0.1) is 0 Å². The number of hydrogen-bond donors (Lipinski definition) is 2. The molecule has 1 aliphatic heterocycles. The number of carboxylic acids is 1. The number of hydrogen-bond acceptors (Lipinski definition) is 3. The van der Waals surface area contributed by atoms with Crippen molar-refractivity contribution in [3.8, 4) is 0 Å². The first kappa shape index (κ1) is 11.9. The molecule has 2 fully saturated rings. The average molecular weight is 227 g/mol. The van der Waals surface area contributed by atoms with Gasteiger partial charge < -0.3 is 9.84 Å². The number of rotatable bonds is 3. The fraction of sp³-hybridized carbons (Fsp3) is 0.917. The zero-order chi connectivity index (χ0) is 11.6. The zero-order valence-corrected chi connectivity index (χ0v) is 9.87. The molecule has 0 radical (unpaired) electrons. The number of nitrogens with one attached hydrogen (secondary N) is 1. The van der Waals surface area contributed by atoms with Crippen molar-refractivity contribution in [3.05, 3.63) is 0 Å². The van der Waals surface area contributed by atoms with E-state index in [2.05, 4.69) is 5.32 Å². The van der Waals surface area contributed by atoms with E-state index in [0.29, 0.717) is 19.1 Å². The van der Waals surface area contributed by atoms with E-state index < -0.39 is 11.5 Å². The standard InChI is InChI=1S/C12H21NO3/c1-9-12(11(14)15,7-8-16-9)13-10-5-3-2-4-6-10/h9-10,13H,2-8H2,1H3,(H,14,15). The average Bonchev–Trinajstić information content (AvgIpc) is 2.63. The summed E-state index contributed by atoms with van der Waals surface area (Å²) >= 11 is 0. The zero-order valence-electron chi connectivity index (χ0n) is 9.87. The Morgan fingerprint density at radius 3 is 2.56 bits per heavy atom. The van der Waals surface area contributed by atoms with Crippen LogP contribution in [0.25, 0.3) is 0 Å². The lowest BCUT2D eigenvalue weighted by Gasteiger charge is -2.35. The van der Waals surface area contributed by atoms with Crippen molar-refractivity contribution < 1.29 is 14.6 Å². The smallest absolute Gasteiger partial charge is 0.326 e. The highest BCUT2D eigenvalue weighted by atomic mass is 16.5. The molecular formula is C12H21NO3. The summed E-state index contributed by atoms with van der Waals surface area (Å²) in [4.78, 5) is 11.5. The van der Waals surface area contributed by atoms with Crippen LogP contribution in [0.15, 0.2) is 0 Å². The second kappa shape index (κ2) is 4.72. The minimum Gasteiger partial charge on any atom is -0.480 e. The third-order valence-corrected chi connectivity index (χ3v) is 4.01. The molecule has 92 valence electrons. The van der Waals surface area contributed by atoms with Crippen LogP contribution < -0.4 is 5.32 Å². The molecule has 0 aromatic heterocycles. The summed E-state index contributed by atoms with van der Waals surface area (Å²) in [7, 11) is 0. The van der Waals surface area contributed by atoms with Gasteiger partial charge in [-0.3, -0.25) is 10.1 Å². The molecule has 0 aromatic carbocycles. The van der Waals surface area contributed by atoms with Crippen LogP contribution in [-0.2, 0) is 9.53 Å². The van der Waals surface area contributed by atoms with Crippen LogP contribution in [0.1, 0.15) is 45.4 Å². The quantitative estimate of drug-likeness (QED) is 0.768. The van der Waals surface area contributed by atoms with E-state index in [4.69, 9.17) is 4.74 Å². The Morgan fingerprint density at radius 2 is 2.06 bits per heavy atom. The second-order valence-corrected chi connectivity index (χ2v) is 5.02.